The van der Waals surface area contributed by atoms with Crippen molar-refractivity contribution < 1.29 is 52.7 Å². The zero-order valence-corrected chi connectivity index (χ0v) is 40.1. The molecule has 3 fully saturated rings. The van der Waals surface area contributed by atoms with Crippen molar-refractivity contribution in [3.8, 4) is 0 Å². The Balaban J connectivity index is 1.67. The van der Waals surface area contributed by atoms with Crippen LogP contribution in [-0.2, 0) is 59.2 Å². The molecule has 28 heteroatoms. The van der Waals surface area contributed by atoms with Crippen LogP contribution in [0.4, 0.5) is 0 Å². The first-order valence-corrected chi connectivity index (χ1v) is 25.1. The Labute approximate surface area is 411 Å². The van der Waals surface area contributed by atoms with E-state index in [-0.39, 0.29) is 75.6 Å². The number of rotatable bonds is 17. The summed E-state index contributed by atoms with van der Waals surface area (Å²) in [5.41, 5.74) is 34.0. The lowest BCUT2D eigenvalue weighted by Gasteiger charge is -2.31. The van der Waals surface area contributed by atoms with E-state index in [2.05, 4.69) is 36.9 Å². The maximum absolute atomic E-state index is 14.5. The molecule has 1 aromatic rings. The standard InChI is InChI=1S/C42H63N15O11S2/c43-23-20-69-70-21-28(41(68)57-16-6-11-30(57)38(65)52-24(9-4-14-49-42(47)48)34(61)50-19-33(46)60)55-37(64)27(18-32(45)59)53-35(62)25(12-13-31(44)58)51-36(63)26(17-22-7-2-1-3-8-22)54-39(66)29-10-5-15-56(29)40(23)67/h1-3,7-8,23-30H,4-6,9-21,43H2,(H2,44,58)(H2,45,59)(H2,46,60)(H,50,61)(H,51,63)(H,52,65)(H,53,62)(H,54,66)(H,55,64)(H4,47,48,49)/t23-,24-,25-,26-,27-,28-,29-,30-/m0/s1. The molecule has 3 aliphatic rings. The summed E-state index contributed by atoms with van der Waals surface area (Å²) in [6.07, 6.45) is -0.241. The summed E-state index contributed by atoms with van der Waals surface area (Å²) in [6.45, 7) is -0.187. The van der Waals surface area contributed by atoms with Crippen LogP contribution in [0.5, 0.6) is 0 Å². The lowest BCUT2D eigenvalue weighted by Crippen LogP contribution is -2.61. The predicted octanol–water partition coefficient (Wildman–Crippen LogP) is -5.85. The number of nitrogens with two attached hydrogens (primary N) is 6. The van der Waals surface area contributed by atoms with Crippen LogP contribution in [0.2, 0.25) is 0 Å². The summed E-state index contributed by atoms with van der Waals surface area (Å²) < 4.78 is 0. The number of primary amides is 3. The van der Waals surface area contributed by atoms with Crippen molar-refractivity contribution in [3.63, 3.8) is 0 Å². The van der Waals surface area contributed by atoms with Gasteiger partial charge >= 0.3 is 0 Å². The highest BCUT2D eigenvalue weighted by Gasteiger charge is 2.42. The second-order valence-corrected chi connectivity index (χ2v) is 19.4. The number of benzene rings is 1. The molecule has 0 unspecified atom stereocenters. The summed E-state index contributed by atoms with van der Waals surface area (Å²) >= 11 is 0. The van der Waals surface area contributed by atoms with Crippen molar-refractivity contribution in [1.82, 2.24) is 41.7 Å². The van der Waals surface area contributed by atoms with Crippen molar-refractivity contribution >= 4 is 92.5 Å². The highest BCUT2D eigenvalue weighted by molar-refractivity contribution is 8.76. The van der Waals surface area contributed by atoms with Gasteiger partial charge in [-0.3, -0.25) is 57.7 Å². The molecule has 0 spiro atoms. The molecular weight excluding hydrogens is 955 g/mol. The van der Waals surface area contributed by atoms with Gasteiger partial charge in [0.15, 0.2) is 5.96 Å². The van der Waals surface area contributed by atoms with Crippen molar-refractivity contribution in [3.05, 3.63) is 35.9 Å². The smallest absolute Gasteiger partial charge is 0.246 e. The van der Waals surface area contributed by atoms with Gasteiger partial charge in [-0.1, -0.05) is 51.9 Å². The molecule has 0 aliphatic carbocycles. The normalized spacial score (nSPS) is 24.4. The largest absolute Gasteiger partial charge is 0.370 e. The highest BCUT2D eigenvalue weighted by Crippen LogP contribution is 2.27. The molecule has 0 saturated carbocycles. The first kappa shape index (κ1) is 55.9. The van der Waals surface area contributed by atoms with Crippen molar-refractivity contribution in [2.24, 2.45) is 39.4 Å². The number of carbonyl (C=O) groups excluding carboxylic acids is 11. The van der Waals surface area contributed by atoms with Crippen LogP contribution >= 0.6 is 21.6 Å². The zero-order chi connectivity index (χ0) is 51.5. The Kier molecular flexibility index (Phi) is 22.0. The fourth-order valence-corrected chi connectivity index (χ4v) is 10.2. The van der Waals surface area contributed by atoms with Gasteiger partial charge in [-0.05, 0) is 50.5 Å². The molecule has 11 amide bonds. The van der Waals surface area contributed by atoms with Crippen molar-refractivity contribution in [1.29, 1.82) is 0 Å². The number of guanidine groups is 1. The number of hydrogen-bond acceptors (Lipinski definition) is 15. The first-order valence-electron chi connectivity index (χ1n) is 22.6. The highest BCUT2D eigenvalue weighted by atomic mass is 33.1. The van der Waals surface area contributed by atoms with Crippen molar-refractivity contribution in [2.75, 3.05) is 37.7 Å². The van der Waals surface area contributed by atoms with E-state index >= 15 is 0 Å². The minimum absolute atomic E-state index is 0.0187. The molecule has 70 heavy (non-hydrogen) atoms. The Bertz CT molecular complexity index is 2130. The molecule has 3 aliphatic heterocycles. The zero-order valence-electron chi connectivity index (χ0n) is 38.4. The van der Waals surface area contributed by atoms with Crippen LogP contribution in [-0.4, -0.2) is 167 Å². The molecule has 0 aromatic heterocycles. The van der Waals surface area contributed by atoms with Gasteiger partial charge in [0.2, 0.25) is 65.0 Å². The number of aliphatic imine (C=N–C) groups is 1. The summed E-state index contributed by atoms with van der Waals surface area (Å²) in [6, 6.07) is -2.01. The van der Waals surface area contributed by atoms with Gasteiger partial charge in [0, 0.05) is 44.0 Å². The third-order valence-electron chi connectivity index (χ3n) is 11.5. The number of likely N-dealkylation sites (tertiary alicyclic amines) is 1. The van der Waals surface area contributed by atoms with Crippen LogP contribution in [0.25, 0.3) is 0 Å². The maximum Gasteiger partial charge on any atom is 0.246 e. The monoisotopic (exact) mass is 1020 g/mol. The molecule has 26 nitrogen and oxygen atoms in total. The molecule has 0 bridgehead atoms. The van der Waals surface area contributed by atoms with Crippen LogP contribution in [0.1, 0.15) is 63.4 Å². The minimum atomic E-state index is -1.76. The lowest BCUT2D eigenvalue weighted by atomic mass is 10.0. The molecule has 18 N–H and O–H groups in total. The van der Waals surface area contributed by atoms with E-state index in [0.29, 0.717) is 18.4 Å². The maximum atomic E-state index is 14.5. The fourth-order valence-electron chi connectivity index (χ4n) is 7.95. The molecule has 1 aromatic carbocycles. The third-order valence-corrected chi connectivity index (χ3v) is 13.9. The number of hydrogen-bond donors (Lipinski definition) is 12. The van der Waals surface area contributed by atoms with E-state index in [0.717, 1.165) is 21.6 Å². The number of nitrogens with zero attached hydrogens (tertiary/aromatic N) is 3. The van der Waals surface area contributed by atoms with Gasteiger partial charge < -0.3 is 76.1 Å². The number of amides is 11. The number of carbonyl (C=O) groups is 11. The van der Waals surface area contributed by atoms with Crippen LogP contribution in [0.3, 0.4) is 0 Å². The van der Waals surface area contributed by atoms with E-state index < -0.39 is 133 Å². The van der Waals surface area contributed by atoms with Crippen molar-refractivity contribution in [2.45, 2.75) is 113 Å². The second-order valence-electron chi connectivity index (χ2n) is 16.9. The lowest BCUT2D eigenvalue weighted by molar-refractivity contribution is -0.142. The Hall–Kier alpha value is -6.68. The van der Waals surface area contributed by atoms with Crippen LogP contribution < -0.4 is 66.3 Å². The van der Waals surface area contributed by atoms with Gasteiger partial charge in [-0.2, -0.15) is 0 Å². The summed E-state index contributed by atoms with van der Waals surface area (Å²) in [7, 11) is 2.12. The fraction of sp³-hybridized carbons (Fsp3) is 0.571. The van der Waals surface area contributed by atoms with E-state index in [1.807, 2.05) is 0 Å². The predicted molar refractivity (Wildman–Crippen MR) is 257 cm³/mol. The Morgan fingerprint density at radius 1 is 0.757 bits per heavy atom. The quantitative estimate of drug-likeness (QED) is 0.0299. The first-order chi connectivity index (χ1) is 33.2. The topological polar surface area (TPSA) is 435 Å². The molecule has 8 atom stereocenters. The van der Waals surface area contributed by atoms with Gasteiger partial charge in [-0.25, -0.2) is 0 Å². The third kappa shape index (κ3) is 17.4. The average Bonchev–Trinajstić information content (AvgIpc) is 4.01. The van der Waals surface area contributed by atoms with Gasteiger partial charge in [0.25, 0.3) is 0 Å². The van der Waals surface area contributed by atoms with E-state index in [1.54, 1.807) is 30.3 Å². The second kappa shape index (κ2) is 27.5. The number of nitrogens with one attached hydrogen (secondary N) is 6. The minimum Gasteiger partial charge on any atom is -0.370 e. The van der Waals surface area contributed by atoms with E-state index in [1.165, 1.54) is 9.80 Å². The number of fused-ring (bicyclic) bond motifs is 1. The summed E-state index contributed by atoms with van der Waals surface area (Å²) in [5, 5.41) is 15.2. The SMILES string of the molecule is NC(=O)CC[C@@H]1NC(=O)[C@H](Cc2ccccc2)NC(=O)[C@@H]2CCCN2C(=O)[C@@H](N)CSSC[C@@H](C(=O)N2CCC[C@H]2C(=O)N[C@@H](CCCN=C(N)N)C(=O)NCC(N)=O)NC(=O)[C@H](CC(N)=O)NC1=O. The Morgan fingerprint density at radius 3 is 2.07 bits per heavy atom. The molecule has 0 radical (unpaired) electrons. The Morgan fingerprint density at radius 2 is 1.40 bits per heavy atom. The van der Waals surface area contributed by atoms with Gasteiger partial charge in [-0.15, -0.1) is 0 Å². The summed E-state index contributed by atoms with van der Waals surface area (Å²) in [5.74, 6) is -9.58. The summed E-state index contributed by atoms with van der Waals surface area (Å²) in [4.78, 5) is 154. The molecule has 4 rings (SSSR count). The van der Waals surface area contributed by atoms with Gasteiger partial charge in [0.05, 0.1) is 19.0 Å². The molecule has 3 saturated heterocycles. The van der Waals surface area contributed by atoms with E-state index in [4.69, 9.17) is 34.4 Å². The molecular formula is C42H63N15O11S2. The van der Waals surface area contributed by atoms with Crippen LogP contribution in [0.15, 0.2) is 35.3 Å². The van der Waals surface area contributed by atoms with Crippen LogP contribution in [0, 0.1) is 0 Å². The average molecular weight is 1020 g/mol. The molecule has 384 valence electrons. The van der Waals surface area contributed by atoms with Gasteiger partial charge in [0.1, 0.15) is 42.3 Å². The van der Waals surface area contributed by atoms with E-state index in [9.17, 15) is 52.7 Å². The molecule has 3 heterocycles.